The highest BCUT2D eigenvalue weighted by atomic mass is 16.5. The number of rotatable bonds is 6. The molecular weight excluding hydrogens is 568 g/mol. The van der Waals surface area contributed by atoms with Crippen LogP contribution < -0.4 is 14.5 Å². The highest BCUT2D eigenvalue weighted by Gasteiger charge is 2.67. The lowest BCUT2D eigenvalue weighted by Gasteiger charge is -2.49. The number of phenols is 1. The third-order valence-corrected chi connectivity index (χ3v) is 10.3. The van der Waals surface area contributed by atoms with Gasteiger partial charge in [0.15, 0.2) is 11.5 Å². The number of aromatic hydroxyl groups is 1. The molecule has 6 atom stereocenters. The number of ether oxygens (including phenoxy) is 1. The molecule has 2 aliphatic carbocycles. The maximum absolute atomic E-state index is 14.5. The molecule has 8 nitrogen and oxygen atoms in total. The van der Waals surface area contributed by atoms with Crippen molar-refractivity contribution in [3.05, 3.63) is 102 Å². The molecule has 7 rings (SSSR count). The van der Waals surface area contributed by atoms with Crippen LogP contribution in [0.3, 0.4) is 0 Å². The van der Waals surface area contributed by atoms with Gasteiger partial charge in [0.2, 0.25) is 23.6 Å². The minimum atomic E-state index is -1.17. The van der Waals surface area contributed by atoms with Gasteiger partial charge in [-0.3, -0.25) is 24.1 Å². The van der Waals surface area contributed by atoms with Crippen LogP contribution in [0.1, 0.15) is 43.7 Å². The summed E-state index contributed by atoms with van der Waals surface area (Å²) in [5.74, 6) is -3.88. The second-order valence-electron chi connectivity index (χ2n) is 12.5. The first-order chi connectivity index (χ1) is 21.7. The molecule has 228 valence electrons. The van der Waals surface area contributed by atoms with Crippen molar-refractivity contribution in [3.8, 4) is 11.5 Å². The predicted molar refractivity (Wildman–Crippen MR) is 169 cm³/mol. The van der Waals surface area contributed by atoms with E-state index < -0.39 is 35.0 Å². The number of amides is 4. The Morgan fingerprint density at radius 2 is 1.62 bits per heavy atom. The number of carbonyl (C=O) groups is 4. The fourth-order valence-electron chi connectivity index (χ4n) is 8.21. The molecule has 0 spiro atoms. The van der Waals surface area contributed by atoms with Crippen LogP contribution in [-0.4, -0.2) is 35.3 Å². The summed E-state index contributed by atoms with van der Waals surface area (Å²) in [7, 11) is 0. The van der Waals surface area contributed by atoms with E-state index in [1.54, 1.807) is 60.7 Å². The SMILES string of the molecule is C=Cc1ccc(N2C(=O)[C@H]3[C@H](CC=C4[C@H]3C[C@H]3C(=O)N(c5ccccc5)C(=O)[C@@]3(C)[C@H]4c3ccc(O)c(OCC)c3)C2=O)cc1. The number of fused-ring (bicyclic) bond motifs is 4. The van der Waals surface area contributed by atoms with E-state index in [0.717, 1.165) is 11.1 Å². The van der Waals surface area contributed by atoms with E-state index in [1.807, 2.05) is 38.1 Å². The number of allylic oxidation sites excluding steroid dienone is 2. The molecule has 0 unspecified atom stereocenters. The first-order valence-electron chi connectivity index (χ1n) is 15.4. The molecule has 8 heteroatoms. The van der Waals surface area contributed by atoms with Crippen LogP contribution in [0.15, 0.2) is 91.0 Å². The normalized spacial score (nSPS) is 28.8. The fourth-order valence-corrected chi connectivity index (χ4v) is 8.21. The molecule has 4 aliphatic rings. The summed E-state index contributed by atoms with van der Waals surface area (Å²) >= 11 is 0. The number of phenolic OH excluding ortho intramolecular Hbond substituents is 1. The van der Waals surface area contributed by atoms with Crippen molar-refractivity contribution >= 4 is 41.1 Å². The van der Waals surface area contributed by atoms with E-state index >= 15 is 0 Å². The number of hydrogen-bond acceptors (Lipinski definition) is 6. The largest absolute Gasteiger partial charge is 0.504 e. The van der Waals surface area contributed by atoms with Crippen molar-refractivity contribution in [2.45, 2.75) is 32.6 Å². The number of anilines is 2. The highest BCUT2D eigenvalue weighted by Crippen LogP contribution is 2.64. The molecule has 1 N–H and O–H groups in total. The number of hydrogen-bond donors (Lipinski definition) is 1. The first kappa shape index (κ1) is 28.8. The Labute approximate surface area is 261 Å². The van der Waals surface area contributed by atoms with Crippen LogP contribution in [0.4, 0.5) is 11.4 Å². The molecule has 0 bridgehead atoms. The standard InChI is InChI=1S/C37H34N2O6/c1-4-21-11-14-24(15-12-21)38-33(41)26-17-16-25-27(31(26)35(38)43)20-28-34(42)39(23-9-7-6-8-10-23)36(44)37(28,3)32(25)22-13-18-29(40)30(19-22)45-5-2/h4,6-16,18-19,26-28,31-32,40H,1,5,17,20H2,2-3H3/t26-,27+,28-,31-,32-,37+/m0/s1. The minimum absolute atomic E-state index is 0.0261. The van der Waals surface area contributed by atoms with Crippen molar-refractivity contribution < 1.29 is 29.0 Å². The number of imide groups is 2. The van der Waals surface area contributed by atoms with E-state index in [-0.39, 0.29) is 41.5 Å². The van der Waals surface area contributed by atoms with E-state index in [9.17, 15) is 24.3 Å². The second kappa shape index (κ2) is 10.6. The van der Waals surface area contributed by atoms with Crippen molar-refractivity contribution in [1.29, 1.82) is 0 Å². The molecule has 1 saturated carbocycles. The van der Waals surface area contributed by atoms with Gasteiger partial charge >= 0.3 is 0 Å². The number of para-hydroxylation sites is 1. The third-order valence-electron chi connectivity index (χ3n) is 10.3. The lowest BCUT2D eigenvalue weighted by atomic mass is 9.51. The lowest BCUT2D eigenvalue weighted by Crippen LogP contribution is -2.48. The van der Waals surface area contributed by atoms with Crippen molar-refractivity contribution in [2.75, 3.05) is 16.4 Å². The van der Waals surface area contributed by atoms with Crippen LogP contribution >= 0.6 is 0 Å². The topological polar surface area (TPSA) is 104 Å². The maximum Gasteiger partial charge on any atom is 0.241 e. The molecule has 2 heterocycles. The van der Waals surface area contributed by atoms with Gasteiger partial charge in [-0.15, -0.1) is 0 Å². The highest BCUT2D eigenvalue weighted by molar-refractivity contribution is 6.25. The zero-order chi connectivity index (χ0) is 31.6. The summed E-state index contributed by atoms with van der Waals surface area (Å²) in [6, 6.07) is 21.1. The summed E-state index contributed by atoms with van der Waals surface area (Å²) < 4.78 is 5.72. The number of carbonyl (C=O) groups excluding carboxylic acids is 4. The van der Waals surface area contributed by atoms with Crippen LogP contribution in [0.2, 0.25) is 0 Å². The maximum atomic E-state index is 14.5. The molecule has 3 aromatic rings. The molecule has 0 aromatic heterocycles. The molecule has 3 aromatic carbocycles. The Morgan fingerprint density at radius 1 is 0.911 bits per heavy atom. The zero-order valence-electron chi connectivity index (χ0n) is 25.2. The average molecular weight is 603 g/mol. The van der Waals surface area contributed by atoms with Gasteiger partial charge in [-0.05, 0) is 80.1 Å². The Balaban J connectivity index is 1.36. The summed E-state index contributed by atoms with van der Waals surface area (Å²) in [5.41, 5.74) is 2.30. The Hall–Kier alpha value is -4.98. The lowest BCUT2D eigenvalue weighted by molar-refractivity contribution is -0.131. The van der Waals surface area contributed by atoms with Gasteiger partial charge in [0.05, 0.1) is 41.2 Å². The van der Waals surface area contributed by atoms with Crippen LogP contribution in [0, 0.1) is 29.1 Å². The number of benzene rings is 3. The van der Waals surface area contributed by atoms with Crippen LogP contribution in [-0.2, 0) is 19.2 Å². The van der Waals surface area contributed by atoms with Gasteiger partial charge in [-0.2, -0.15) is 0 Å². The quantitative estimate of drug-likeness (QED) is 0.280. The summed E-state index contributed by atoms with van der Waals surface area (Å²) in [5, 5.41) is 10.5. The Kier molecular flexibility index (Phi) is 6.76. The van der Waals surface area contributed by atoms with E-state index in [4.69, 9.17) is 4.74 Å². The zero-order valence-corrected chi connectivity index (χ0v) is 25.2. The monoisotopic (exact) mass is 602 g/mol. The van der Waals surface area contributed by atoms with E-state index in [2.05, 4.69) is 6.58 Å². The Morgan fingerprint density at radius 3 is 2.31 bits per heavy atom. The molecule has 0 radical (unpaired) electrons. The smallest absolute Gasteiger partial charge is 0.241 e. The molecule has 2 aliphatic heterocycles. The fraction of sp³-hybridized carbons (Fsp3) is 0.297. The first-order valence-corrected chi connectivity index (χ1v) is 15.4. The molecular formula is C37H34N2O6. The molecule has 4 amide bonds. The molecule has 45 heavy (non-hydrogen) atoms. The van der Waals surface area contributed by atoms with Gasteiger partial charge in [0, 0.05) is 5.92 Å². The van der Waals surface area contributed by atoms with E-state index in [1.165, 1.54) is 9.80 Å². The summed E-state index contributed by atoms with van der Waals surface area (Å²) in [4.78, 5) is 59.4. The summed E-state index contributed by atoms with van der Waals surface area (Å²) in [6.45, 7) is 7.77. The van der Waals surface area contributed by atoms with Gasteiger partial charge < -0.3 is 9.84 Å². The number of nitrogens with zero attached hydrogens (tertiary/aromatic N) is 2. The average Bonchev–Trinajstić information content (AvgIpc) is 3.42. The third kappa shape index (κ3) is 4.11. The van der Waals surface area contributed by atoms with Crippen LogP contribution in [0.5, 0.6) is 11.5 Å². The predicted octanol–water partition coefficient (Wildman–Crippen LogP) is 5.87. The van der Waals surface area contributed by atoms with Crippen molar-refractivity contribution in [2.24, 2.45) is 29.1 Å². The van der Waals surface area contributed by atoms with Crippen molar-refractivity contribution in [1.82, 2.24) is 0 Å². The van der Waals surface area contributed by atoms with Gasteiger partial charge in [0.1, 0.15) is 0 Å². The summed E-state index contributed by atoms with van der Waals surface area (Å²) in [6.07, 6.45) is 4.34. The van der Waals surface area contributed by atoms with Crippen LogP contribution in [0.25, 0.3) is 6.08 Å². The second-order valence-corrected chi connectivity index (χ2v) is 12.5. The van der Waals surface area contributed by atoms with E-state index in [0.29, 0.717) is 30.0 Å². The van der Waals surface area contributed by atoms with Gasteiger partial charge in [0.25, 0.3) is 0 Å². The molecule has 2 saturated heterocycles. The van der Waals surface area contributed by atoms with Gasteiger partial charge in [-0.1, -0.05) is 60.7 Å². The Bertz CT molecular complexity index is 1780. The van der Waals surface area contributed by atoms with Gasteiger partial charge in [-0.25, -0.2) is 4.90 Å². The molecule has 3 fully saturated rings. The minimum Gasteiger partial charge on any atom is -0.504 e. The van der Waals surface area contributed by atoms with Crippen molar-refractivity contribution in [3.63, 3.8) is 0 Å².